The van der Waals surface area contributed by atoms with Crippen LogP contribution >= 0.6 is 0 Å². The maximum absolute atomic E-state index is 14.7. The fourth-order valence-corrected chi connectivity index (χ4v) is 15.3. The Labute approximate surface area is 806 Å². The quantitative estimate of drug-likeness (QED) is 0.00937. The number of carbonyl (C=O) groups is 18. The lowest BCUT2D eigenvalue weighted by atomic mass is 9.93. The third kappa shape index (κ3) is 44.0. The first-order valence-electron chi connectivity index (χ1n) is 46.3. The zero-order chi connectivity index (χ0) is 104. The molecule has 45 nitrogen and oxygen atoms in total. The molecular formula is C90H133F5N8O37. The lowest BCUT2D eigenvalue weighted by Gasteiger charge is -2.44. The summed E-state index contributed by atoms with van der Waals surface area (Å²) in [4.78, 5) is 229. The van der Waals surface area contributed by atoms with Gasteiger partial charge in [-0.3, -0.25) is 86.3 Å². The average molecular weight is 2010 g/mol. The molecule has 0 spiro atoms. The molecule has 4 saturated heterocycles. The standard InChI is InChI=1S/C90H133F5N8O37/c1-50(104)99-76-83(134-59(10)113)79(131-56(7)110)63(44-128-53(4)107)137-87(76)125-38-22-16-13-19-33-96-66(116)30-41-122-47-90(102-86(121)62-28-36-103(37-29-62)69(119)26-25-27-70(120)140-82-74(94)72(92)71(91)73(93)75(82)95,48-123-42-31-67(117)97-34-20-14-17-23-39-126-88-77(100-51(2)105)84(135-60(11)114)80(132-57(8)111)64(138-88)45-129-54(5)108)49-124-43-32-68(118)98-35-21-15-18-24-40-127-89-78(101-52(3)106)85(136-61(12)115)81(133-58(9)112)65(139-89)46-130-55(6)109/h62-65,76-81,83-85,87-89H,13-49H2,1-12H3,(H,96,116)(H,97,117)(H,98,118)(H,99,104)(H,100,105)(H,101,106)(H,102,121). The van der Waals surface area contributed by atoms with Crippen LogP contribution in [0.2, 0.25) is 0 Å². The number of nitrogens with zero attached hydrogens (tertiary/aromatic N) is 1. The van der Waals surface area contributed by atoms with Crippen LogP contribution in [0.1, 0.15) is 212 Å². The summed E-state index contributed by atoms with van der Waals surface area (Å²) in [6.07, 6.45) is -11.1. The monoisotopic (exact) mass is 2010 g/mol. The maximum Gasteiger partial charge on any atom is 0.311 e. The molecule has 4 aliphatic rings. The van der Waals surface area contributed by atoms with Crippen LogP contribution in [0.3, 0.4) is 0 Å². The second-order valence-electron chi connectivity index (χ2n) is 33.6. The number of hydrogen-bond acceptors (Lipinski definition) is 37. The molecule has 5 rings (SSSR count). The minimum atomic E-state index is -2.47. The number of unbranched alkanes of at least 4 members (excludes halogenated alkanes) is 9. The highest BCUT2D eigenvalue weighted by Gasteiger charge is 2.55. The summed E-state index contributed by atoms with van der Waals surface area (Å²) in [6, 6.07) is -3.54. The van der Waals surface area contributed by atoms with E-state index >= 15 is 0 Å². The maximum atomic E-state index is 14.7. The molecule has 140 heavy (non-hydrogen) atoms. The smallest absolute Gasteiger partial charge is 0.311 e. The number of likely N-dealkylation sites (tertiary alicyclic amines) is 1. The van der Waals surface area contributed by atoms with E-state index in [0.717, 1.165) is 62.3 Å². The molecule has 7 N–H and O–H groups in total. The van der Waals surface area contributed by atoms with Crippen molar-refractivity contribution in [3.8, 4) is 5.75 Å². The van der Waals surface area contributed by atoms with E-state index in [1.165, 1.54) is 25.7 Å². The van der Waals surface area contributed by atoms with Gasteiger partial charge in [0.05, 0.1) is 39.6 Å². The van der Waals surface area contributed by atoms with E-state index in [1.807, 2.05) is 0 Å². The zero-order valence-corrected chi connectivity index (χ0v) is 80.8. The van der Waals surface area contributed by atoms with Gasteiger partial charge in [0, 0.05) is 174 Å². The number of benzene rings is 1. The van der Waals surface area contributed by atoms with Crippen LogP contribution in [-0.4, -0.2) is 321 Å². The summed E-state index contributed by atoms with van der Waals surface area (Å²) in [5.74, 6) is -26.8. The summed E-state index contributed by atoms with van der Waals surface area (Å²) in [5.41, 5.74) is -1.65. The van der Waals surface area contributed by atoms with E-state index in [9.17, 15) is 108 Å². The van der Waals surface area contributed by atoms with Crippen molar-refractivity contribution in [3.05, 3.63) is 29.1 Å². The SMILES string of the molecule is CC(=O)NC1C(OCCCCCCNC(=O)CCOCC(COCCC(=O)NCCCCCCOC2OC(COC(C)=O)C(OC(C)=O)C(OC(C)=O)C2NC(C)=O)(COCCC(=O)NCCCCCCOC2OC(COC(C)=O)C(OC(C)=O)C(OC(C)=O)C2NC(C)=O)NC(=O)C2CCN(C(=O)CCCC(=O)Oc3c(F)c(F)c(F)c(F)c3F)CC2)OC(COC(C)=O)C(OC(C)=O)C1OC(C)=O. The van der Waals surface area contributed by atoms with Crippen LogP contribution in [0.15, 0.2) is 0 Å². The van der Waals surface area contributed by atoms with Gasteiger partial charge in [-0.1, -0.05) is 38.5 Å². The molecule has 790 valence electrons. The lowest BCUT2D eigenvalue weighted by Crippen LogP contribution is -2.66. The van der Waals surface area contributed by atoms with Crippen molar-refractivity contribution in [2.45, 2.75) is 309 Å². The Morgan fingerprint density at radius 3 is 0.929 bits per heavy atom. The van der Waals surface area contributed by atoms with Gasteiger partial charge in [-0.2, -0.15) is 8.78 Å². The largest absolute Gasteiger partial charge is 0.463 e. The van der Waals surface area contributed by atoms with Crippen LogP contribution in [0.4, 0.5) is 22.0 Å². The third-order valence-corrected chi connectivity index (χ3v) is 21.6. The number of piperidine rings is 1. The van der Waals surface area contributed by atoms with E-state index in [-0.39, 0.29) is 117 Å². The topological polar surface area (TPSA) is 570 Å². The van der Waals surface area contributed by atoms with Crippen molar-refractivity contribution in [1.29, 1.82) is 0 Å². The molecule has 0 bridgehead atoms. The highest BCUT2D eigenvalue weighted by molar-refractivity contribution is 5.82. The molecule has 50 heteroatoms. The van der Waals surface area contributed by atoms with Gasteiger partial charge in [-0.05, 0) is 57.8 Å². The molecule has 0 radical (unpaired) electrons. The van der Waals surface area contributed by atoms with Gasteiger partial charge in [-0.15, -0.1) is 0 Å². The fourth-order valence-electron chi connectivity index (χ4n) is 15.3. The van der Waals surface area contributed by atoms with Crippen LogP contribution in [0, 0.1) is 35.0 Å². The van der Waals surface area contributed by atoms with Crippen molar-refractivity contribution in [1.82, 2.24) is 42.1 Å². The summed E-state index contributed by atoms with van der Waals surface area (Å²) < 4.78 is 178. The molecular weight excluding hydrogens is 1880 g/mol. The van der Waals surface area contributed by atoms with Gasteiger partial charge in [0.2, 0.25) is 82.1 Å². The number of ether oxygens (including phenoxy) is 19. The van der Waals surface area contributed by atoms with Gasteiger partial charge < -0.3 is 132 Å². The van der Waals surface area contributed by atoms with E-state index in [2.05, 4.69) is 42.0 Å². The molecule has 4 heterocycles. The summed E-state index contributed by atoms with van der Waals surface area (Å²) >= 11 is 0. The minimum absolute atomic E-state index is 0.0115. The molecule has 4 aliphatic heterocycles. The first-order chi connectivity index (χ1) is 66.4. The molecule has 4 fully saturated rings. The molecule has 0 aromatic heterocycles. The molecule has 8 amide bonds. The van der Waals surface area contributed by atoms with Crippen LogP contribution in [0.25, 0.3) is 0 Å². The van der Waals surface area contributed by atoms with Crippen molar-refractivity contribution in [3.63, 3.8) is 0 Å². The van der Waals surface area contributed by atoms with Crippen molar-refractivity contribution >= 4 is 107 Å². The predicted octanol–water partition coefficient (Wildman–Crippen LogP) is 2.82. The Kier molecular flexibility index (Phi) is 53.7. The van der Waals surface area contributed by atoms with Crippen LogP contribution in [0.5, 0.6) is 5.75 Å². The van der Waals surface area contributed by atoms with Crippen molar-refractivity contribution in [2.24, 2.45) is 5.92 Å². The number of esters is 10. The number of rotatable bonds is 61. The Morgan fingerprint density at radius 2 is 0.636 bits per heavy atom. The predicted molar refractivity (Wildman–Crippen MR) is 467 cm³/mol. The van der Waals surface area contributed by atoms with Crippen molar-refractivity contribution in [2.75, 3.05) is 112 Å². The lowest BCUT2D eigenvalue weighted by molar-refractivity contribution is -0.277. The average Bonchev–Trinajstić information content (AvgIpc) is 0.791. The fraction of sp³-hybridized carbons (Fsp3) is 0.733. The normalized spacial score (nSPS) is 22.1. The number of carbonyl (C=O) groups excluding carboxylic acids is 18. The van der Waals surface area contributed by atoms with Gasteiger partial charge in [0.1, 0.15) is 61.8 Å². The Morgan fingerprint density at radius 1 is 0.343 bits per heavy atom. The molecule has 15 unspecified atom stereocenters. The summed E-state index contributed by atoms with van der Waals surface area (Å²) in [6.45, 7) is 11.2. The van der Waals surface area contributed by atoms with Gasteiger partial charge in [0.25, 0.3) is 0 Å². The number of halogens is 5. The molecule has 0 aliphatic carbocycles. The summed E-state index contributed by atoms with van der Waals surface area (Å²) in [5, 5.41) is 19.4. The Balaban J connectivity index is 1.27. The molecule has 15 atom stereocenters. The molecule has 0 saturated carbocycles. The highest BCUT2D eigenvalue weighted by Crippen LogP contribution is 2.34. The first-order valence-corrected chi connectivity index (χ1v) is 46.3. The Hall–Kier alpha value is -11.0. The first kappa shape index (κ1) is 119. The van der Waals surface area contributed by atoms with E-state index in [0.29, 0.717) is 77.0 Å². The molecule has 1 aromatic rings. The number of amides is 8. The number of nitrogens with one attached hydrogen (secondary N) is 7. The van der Waals surface area contributed by atoms with Crippen molar-refractivity contribution < 1.29 is 198 Å². The van der Waals surface area contributed by atoms with Crippen LogP contribution in [-0.2, 0) is 172 Å². The van der Waals surface area contributed by atoms with Gasteiger partial charge in [-0.25, -0.2) is 13.2 Å². The minimum Gasteiger partial charge on any atom is -0.463 e. The Bertz CT molecular complexity index is 3950. The second kappa shape index (κ2) is 63.0. The summed E-state index contributed by atoms with van der Waals surface area (Å²) in [7, 11) is 0. The van der Waals surface area contributed by atoms with E-state index < -0.39 is 291 Å². The highest BCUT2D eigenvalue weighted by atomic mass is 19.2. The van der Waals surface area contributed by atoms with E-state index in [4.69, 9.17) is 85.3 Å². The molecule has 1 aromatic carbocycles. The zero-order valence-electron chi connectivity index (χ0n) is 80.8. The van der Waals surface area contributed by atoms with Crippen LogP contribution < -0.4 is 42.0 Å². The number of hydrogen-bond donors (Lipinski definition) is 7. The van der Waals surface area contributed by atoms with E-state index in [1.54, 1.807) is 0 Å². The van der Waals surface area contributed by atoms with Gasteiger partial charge >= 0.3 is 59.7 Å². The second-order valence-corrected chi connectivity index (χ2v) is 33.6. The third-order valence-electron chi connectivity index (χ3n) is 21.6. The van der Waals surface area contributed by atoms with Gasteiger partial charge in [0.15, 0.2) is 55.5 Å².